The van der Waals surface area contributed by atoms with E-state index in [2.05, 4.69) is 10.3 Å². The minimum absolute atomic E-state index is 0.148. The summed E-state index contributed by atoms with van der Waals surface area (Å²) in [6, 6.07) is 10.5. The van der Waals surface area contributed by atoms with Crippen LogP contribution in [0.15, 0.2) is 42.6 Å². The number of amides is 1. The summed E-state index contributed by atoms with van der Waals surface area (Å²) in [6.45, 7) is 3.87. The van der Waals surface area contributed by atoms with E-state index >= 15 is 0 Å². The van der Waals surface area contributed by atoms with Crippen molar-refractivity contribution in [3.05, 3.63) is 65.0 Å². The van der Waals surface area contributed by atoms with Gasteiger partial charge in [0.25, 0.3) is 5.91 Å². The second-order valence-electron chi connectivity index (χ2n) is 4.84. The molecule has 0 saturated heterocycles. The molecule has 0 aliphatic carbocycles. The maximum atomic E-state index is 12.1. The van der Waals surface area contributed by atoms with Crippen LogP contribution in [0, 0.1) is 6.92 Å². The van der Waals surface area contributed by atoms with E-state index in [1.54, 1.807) is 0 Å². The topological polar surface area (TPSA) is 79.3 Å². The van der Waals surface area contributed by atoms with Gasteiger partial charge in [0.1, 0.15) is 5.69 Å². The van der Waals surface area contributed by atoms with Gasteiger partial charge in [-0.1, -0.05) is 29.8 Å². The van der Waals surface area contributed by atoms with Crippen LogP contribution >= 0.6 is 0 Å². The summed E-state index contributed by atoms with van der Waals surface area (Å²) in [4.78, 5) is 26.7. The van der Waals surface area contributed by atoms with Gasteiger partial charge in [0.2, 0.25) is 0 Å². The number of carboxylic acids is 1. The number of carboxylic acid groups (broad SMARTS) is 1. The van der Waals surface area contributed by atoms with Crippen molar-refractivity contribution in [1.29, 1.82) is 0 Å². The molecule has 2 aromatic rings. The molecule has 1 heterocycles. The number of aromatic nitrogens is 1. The molecule has 0 saturated carbocycles. The summed E-state index contributed by atoms with van der Waals surface area (Å²) < 4.78 is 0. The zero-order chi connectivity index (χ0) is 15.4. The summed E-state index contributed by atoms with van der Waals surface area (Å²) in [6.07, 6.45) is 1.31. The van der Waals surface area contributed by atoms with Crippen molar-refractivity contribution in [1.82, 2.24) is 10.3 Å². The Morgan fingerprint density at radius 2 is 1.86 bits per heavy atom. The normalized spacial score (nSPS) is 11.7. The first-order valence-electron chi connectivity index (χ1n) is 6.54. The van der Waals surface area contributed by atoms with Gasteiger partial charge in [0.15, 0.2) is 0 Å². The molecule has 5 nitrogen and oxygen atoms in total. The summed E-state index contributed by atoms with van der Waals surface area (Å²) in [5.74, 6) is -1.48. The number of benzene rings is 1. The Kier molecular flexibility index (Phi) is 4.33. The number of nitrogens with one attached hydrogen (secondary N) is 1. The summed E-state index contributed by atoms with van der Waals surface area (Å²) in [5.41, 5.74) is 2.27. The second kappa shape index (κ2) is 6.17. The molecule has 2 N–H and O–H groups in total. The summed E-state index contributed by atoms with van der Waals surface area (Å²) in [5, 5.41) is 11.7. The predicted octanol–water partition coefficient (Wildman–Crippen LogP) is 2.58. The lowest BCUT2D eigenvalue weighted by Crippen LogP contribution is -2.27. The Bertz CT molecular complexity index is 665. The molecule has 108 valence electrons. The Balaban J connectivity index is 2.12. The van der Waals surface area contributed by atoms with E-state index in [4.69, 9.17) is 5.11 Å². The quantitative estimate of drug-likeness (QED) is 0.904. The molecule has 0 spiro atoms. The van der Waals surface area contributed by atoms with Crippen molar-refractivity contribution in [3.63, 3.8) is 0 Å². The minimum atomic E-state index is -1.16. The van der Waals surface area contributed by atoms with E-state index in [1.165, 1.54) is 18.3 Å². The van der Waals surface area contributed by atoms with Crippen molar-refractivity contribution >= 4 is 11.9 Å². The Morgan fingerprint density at radius 3 is 2.48 bits per heavy atom. The predicted molar refractivity (Wildman–Crippen MR) is 78.3 cm³/mol. The lowest BCUT2D eigenvalue weighted by molar-refractivity contribution is 0.0690. The van der Waals surface area contributed by atoms with Crippen molar-refractivity contribution in [2.24, 2.45) is 0 Å². The molecule has 0 fully saturated rings. The number of pyridine rings is 1. The number of rotatable bonds is 4. The Hall–Kier alpha value is -2.69. The number of hydrogen-bond donors (Lipinski definition) is 2. The standard InChI is InChI=1S/C16H16N2O3/c1-10-3-5-12(6-4-10)11(2)18-15(19)13-7-8-17-14(9-13)16(20)21/h3-9,11H,1-2H3,(H,18,19)(H,20,21). The van der Waals surface area contributed by atoms with Gasteiger partial charge in [-0.2, -0.15) is 0 Å². The first kappa shape index (κ1) is 14.7. The smallest absolute Gasteiger partial charge is 0.354 e. The van der Waals surface area contributed by atoms with E-state index < -0.39 is 5.97 Å². The zero-order valence-electron chi connectivity index (χ0n) is 11.8. The van der Waals surface area contributed by atoms with Gasteiger partial charge in [-0.25, -0.2) is 9.78 Å². The summed E-state index contributed by atoms with van der Waals surface area (Å²) >= 11 is 0. The summed E-state index contributed by atoms with van der Waals surface area (Å²) in [7, 11) is 0. The second-order valence-corrected chi connectivity index (χ2v) is 4.84. The fourth-order valence-corrected chi connectivity index (χ4v) is 1.91. The monoisotopic (exact) mass is 284 g/mol. The van der Waals surface area contributed by atoms with Gasteiger partial charge in [0, 0.05) is 11.8 Å². The molecular weight excluding hydrogens is 268 g/mol. The van der Waals surface area contributed by atoms with Gasteiger partial charge in [-0.05, 0) is 31.5 Å². The van der Waals surface area contributed by atoms with E-state index in [0.29, 0.717) is 0 Å². The third-order valence-electron chi connectivity index (χ3n) is 3.17. The van der Waals surface area contributed by atoms with Crippen LogP contribution in [0.4, 0.5) is 0 Å². The minimum Gasteiger partial charge on any atom is -0.477 e. The van der Waals surface area contributed by atoms with E-state index in [0.717, 1.165) is 11.1 Å². The molecule has 21 heavy (non-hydrogen) atoms. The van der Waals surface area contributed by atoms with Crippen molar-refractivity contribution in [2.75, 3.05) is 0 Å². The number of hydrogen-bond acceptors (Lipinski definition) is 3. The highest BCUT2D eigenvalue weighted by atomic mass is 16.4. The number of nitrogens with zero attached hydrogens (tertiary/aromatic N) is 1. The number of aromatic carboxylic acids is 1. The molecule has 0 aliphatic rings. The highest BCUT2D eigenvalue weighted by Gasteiger charge is 2.13. The maximum Gasteiger partial charge on any atom is 0.354 e. The molecule has 1 aromatic carbocycles. The zero-order valence-corrected chi connectivity index (χ0v) is 11.8. The van der Waals surface area contributed by atoms with Gasteiger partial charge in [-0.15, -0.1) is 0 Å². The highest BCUT2D eigenvalue weighted by molar-refractivity contribution is 5.96. The molecule has 0 radical (unpaired) electrons. The largest absolute Gasteiger partial charge is 0.477 e. The lowest BCUT2D eigenvalue weighted by Gasteiger charge is -2.14. The van der Waals surface area contributed by atoms with Crippen LogP contribution < -0.4 is 5.32 Å². The van der Waals surface area contributed by atoms with Crippen LogP contribution in [-0.4, -0.2) is 22.0 Å². The van der Waals surface area contributed by atoms with Crippen LogP contribution in [0.5, 0.6) is 0 Å². The molecule has 1 atom stereocenters. The molecule has 1 unspecified atom stereocenters. The lowest BCUT2D eigenvalue weighted by atomic mass is 10.1. The molecule has 0 aliphatic heterocycles. The first-order valence-corrected chi connectivity index (χ1v) is 6.54. The third-order valence-corrected chi connectivity index (χ3v) is 3.17. The first-order chi connectivity index (χ1) is 9.97. The molecular formula is C16H16N2O3. The van der Waals surface area contributed by atoms with Gasteiger partial charge in [-0.3, -0.25) is 4.79 Å². The van der Waals surface area contributed by atoms with Gasteiger partial charge in [0.05, 0.1) is 6.04 Å². The molecule has 1 aromatic heterocycles. The number of carbonyl (C=O) groups excluding carboxylic acids is 1. The van der Waals surface area contributed by atoms with Crippen LogP contribution in [0.1, 0.15) is 44.9 Å². The molecule has 0 bridgehead atoms. The van der Waals surface area contributed by atoms with Crippen LogP contribution in [0.2, 0.25) is 0 Å². The SMILES string of the molecule is Cc1ccc(C(C)NC(=O)c2ccnc(C(=O)O)c2)cc1. The molecule has 2 rings (SSSR count). The van der Waals surface area contributed by atoms with E-state index in [1.807, 2.05) is 38.1 Å². The van der Waals surface area contributed by atoms with Crippen LogP contribution in [0.3, 0.4) is 0 Å². The molecule has 5 heteroatoms. The third kappa shape index (κ3) is 3.66. The van der Waals surface area contributed by atoms with Gasteiger partial charge < -0.3 is 10.4 Å². The fraction of sp³-hybridized carbons (Fsp3) is 0.188. The number of aryl methyl sites for hydroxylation is 1. The molecule has 1 amide bonds. The number of carbonyl (C=O) groups is 2. The van der Waals surface area contributed by atoms with E-state index in [-0.39, 0.29) is 23.2 Å². The van der Waals surface area contributed by atoms with Crippen LogP contribution in [0.25, 0.3) is 0 Å². The maximum absolute atomic E-state index is 12.1. The fourth-order valence-electron chi connectivity index (χ4n) is 1.91. The Morgan fingerprint density at radius 1 is 1.19 bits per heavy atom. The average Bonchev–Trinajstić information content (AvgIpc) is 2.48. The van der Waals surface area contributed by atoms with E-state index in [9.17, 15) is 9.59 Å². The van der Waals surface area contributed by atoms with Crippen molar-refractivity contribution in [2.45, 2.75) is 19.9 Å². The Labute approximate surface area is 122 Å². The highest BCUT2D eigenvalue weighted by Crippen LogP contribution is 2.14. The van der Waals surface area contributed by atoms with Crippen molar-refractivity contribution in [3.8, 4) is 0 Å². The van der Waals surface area contributed by atoms with Crippen molar-refractivity contribution < 1.29 is 14.7 Å². The van der Waals surface area contributed by atoms with Gasteiger partial charge >= 0.3 is 5.97 Å². The average molecular weight is 284 g/mol. The van der Waals surface area contributed by atoms with Crippen LogP contribution in [-0.2, 0) is 0 Å².